The van der Waals surface area contributed by atoms with Gasteiger partial charge in [0.25, 0.3) is 15.7 Å². The van der Waals surface area contributed by atoms with Crippen LogP contribution in [0, 0.1) is 10.1 Å². The lowest BCUT2D eigenvalue weighted by Gasteiger charge is -2.24. The van der Waals surface area contributed by atoms with Crippen molar-refractivity contribution in [3.05, 3.63) is 45.8 Å². The molecule has 0 N–H and O–H groups in total. The lowest BCUT2D eigenvalue weighted by Crippen LogP contribution is -2.36. The Morgan fingerprint density at radius 3 is 2.62 bits per heavy atom. The molecule has 0 spiro atoms. The minimum Gasteiger partial charge on any atom is -0.495 e. The number of thiophene rings is 1. The van der Waals surface area contributed by atoms with Crippen LogP contribution in [-0.4, -0.2) is 39.6 Å². The molecular weight excluding hydrogens is 384 g/mol. The van der Waals surface area contributed by atoms with Gasteiger partial charge in [-0.2, -0.15) is 0 Å². The number of nitrogens with zero attached hydrogens (tertiary/aromatic N) is 2. The molecule has 0 unspecified atom stereocenters. The SMILES string of the molecule is CCOC(=O)CN(c1cc([N+](=O)[O-])ccc1OC)S(=O)(=O)c1cccs1. The summed E-state index contributed by atoms with van der Waals surface area (Å²) in [6.45, 7) is 1.01. The number of hydrogen-bond donors (Lipinski definition) is 0. The Bertz CT molecular complexity index is 895. The number of nitro benzene ring substituents is 1. The van der Waals surface area contributed by atoms with E-state index in [2.05, 4.69) is 0 Å². The van der Waals surface area contributed by atoms with E-state index in [9.17, 15) is 23.3 Å². The predicted octanol–water partition coefficient (Wildman–Crippen LogP) is 2.42. The Morgan fingerprint density at radius 2 is 2.08 bits per heavy atom. The first-order chi connectivity index (χ1) is 12.3. The minimum absolute atomic E-state index is 0.0182. The summed E-state index contributed by atoms with van der Waals surface area (Å²) in [4.78, 5) is 22.4. The first-order valence-electron chi connectivity index (χ1n) is 7.35. The third kappa shape index (κ3) is 4.11. The van der Waals surface area contributed by atoms with Gasteiger partial charge in [-0.15, -0.1) is 11.3 Å². The van der Waals surface area contributed by atoms with E-state index < -0.39 is 27.5 Å². The van der Waals surface area contributed by atoms with Crippen LogP contribution in [0.4, 0.5) is 11.4 Å². The van der Waals surface area contributed by atoms with Crippen molar-refractivity contribution >= 4 is 38.7 Å². The second-order valence-electron chi connectivity index (χ2n) is 4.86. The van der Waals surface area contributed by atoms with Crippen molar-refractivity contribution in [2.24, 2.45) is 0 Å². The maximum atomic E-state index is 13.0. The van der Waals surface area contributed by atoms with E-state index in [0.717, 1.165) is 21.7 Å². The largest absolute Gasteiger partial charge is 0.495 e. The zero-order valence-electron chi connectivity index (χ0n) is 13.9. The van der Waals surface area contributed by atoms with E-state index in [1.807, 2.05) is 0 Å². The summed E-state index contributed by atoms with van der Waals surface area (Å²) in [6.07, 6.45) is 0. The van der Waals surface area contributed by atoms with Gasteiger partial charge in [-0.25, -0.2) is 8.42 Å². The standard InChI is InChI=1S/C15H16N2O7S2/c1-3-24-14(18)10-16(26(21,22)15-5-4-8-25-15)12-9-11(17(19)20)6-7-13(12)23-2/h4-9H,3,10H2,1-2H3. The molecule has 0 atom stereocenters. The molecule has 11 heteroatoms. The zero-order chi connectivity index (χ0) is 19.3. The number of carbonyl (C=O) groups excluding carboxylic acids is 1. The number of hydrogen-bond acceptors (Lipinski definition) is 8. The summed E-state index contributed by atoms with van der Waals surface area (Å²) in [5.41, 5.74) is -0.459. The van der Waals surface area contributed by atoms with Crippen LogP contribution < -0.4 is 9.04 Å². The lowest BCUT2D eigenvalue weighted by atomic mass is 10.2. The number of rotatable bonds is 8. The molecule has 0 saturated carbocycles. The molecule has 0 radical (unpaired) electrons. The Morgan fingerprint density at radius 1 is 1.35 bits per heavy atom. The number of non-ortho nitro benzene ring substituents is 1. The monoisotopic (exact) mass is 400 g/mol. The molecule has 1 aromatic carbocycles. The third-order valence-electron chi connectivity index (χ3n) is 3.26. The Balaban J connectivity index is 2.62. The van der Waals surface area contributed by atoms with Crippen molar-refractivity contribution in [3.8, 4) is 5.75 Å². The normalized spacial score (nSPS) is 11.0. The van der Waals surface area contributed by atoms with Gasteiger partial charge in [0.15, 0.2) is 0 Å². The third-order valence-corrected chi connectivity index (χ3v) is 6.39. The van der Waals surface area contributed by atoms with Crippen LogP contribution in [0.3, 0.4) is 0 Å². The van der Waals surface area contributed by atoms with E-state index in [4.69, 9.17) is 9.47 Å². The molecule has 140 valence electrons. The average Bonchev–Trinajstić information content (AvgIpc) is 3.14. The van der Waals surface area contributed by atoms with Crippen LogP contribution in [0.15, 0.2) is 39.9 Å². The van der Waals surface area contributed by atoms with Gasteiger partial charge >= 0.3 is 5.97 Å². The van der Waals surface area contributed by atoms with Crippen LogP contribution in [-0.2, 0) is 19.6 Å². The first-order valence-corrected chi connectivity index (χ1v) is 9.67. The van der Waals surface area contributed by atoms with Gasteiger partial charge in [0, 0.05) is 12.1 Å². The molecule has 26 heavy (non-hydrogen) atoms. The second kappa shape index (κ2) is 8.15. The molecule has 0 aliphatic rings. The van der Waals surface area contributed by atoms with Crippen molar-refractivity contribution in [3.63, 3.8) is 0 Å². The molecule has 2 aromatic rings. The number of benzene rings is 1. The first kappa shape index (κ1) is 19.7. The molecule has 0 amide bonds. The number of anilines is 1. The molecule has 1 heterocycles. The van der Waals surface area contributed by atoms with Crippen molar-refractivity contribution in [1.82, 2.24) is 0 Å². The van der Waals surface area contributed by atoms with E-state index in [1.165, 1.54) is 25.3 Å². The average molecular weight is 400 g/mol. The predicted molar refractivity (Wildman–Crippen MR) is 95.1 cm³/mol. The van der Waals surface area contributed by atoms with Crippen molar-refractivity contribution in [2.45, 2.75) is 11.1 Å². The van der Waals surface area contributed by atoms with Crippen LogP contribution in [0.2, 0.25) is 0 Å². The van der Waals surface area contributed by atoms with Gasteiger partial charge in [0.05, 0.1) is 18.6 Å². The molecule has 9 nitrogen and oxygen atoms in total. The summed E-state index contributed by atoms with van der Waals surface area (Å²) in [6, 6.07) is 6.42. The highest BCUT2D eigenvalue weighted by atomic mass is 32.2. The van der Waals surface area contributed by atoms with Gasteiger partial charge < -0.3 is 9.47 Å². The fraction of sp³-hybridized carbons (Fsp3) is 0.267. The van der Waals surface area contributed by atoms with E-state index >= 15 is 0 Å². The van der Waals surface area contributed by atoms with Gasteiger partial charge in [-0.1, -0.05) is 6.07 Å². The van der Waals surface area contributed by atoms with Crippen LogP contribution in [0.25, 0.3) is 0 Å². The van der Waals surface area contributed by atoms with Gasteiger partial charge in [-0.3, -0.25) is 19.2 Å². The van der Waals surface area contributed by atoms with Crippen LogP contribution in [0.5, 0.6) is 5.75 Å². The Labute approximate surface area is 154 Å². The number of sulfonamides is 1. The van der Waals surface area contributed by atoms with Gasteiger partial charge in [-0.05, 0) is 24.4 Å². The fourth-order valence-corrected chi connectivity index (χ4v) is 4.65. The van der Waals surface area contributed by atoms with E-state index in [0.29, 0.717) is 0 Å². The summed E-state index contributed by atoms with van der Waals surface area (Å²) in [5, 5.41) is 12.7. The van der Waals surface area contributed by atoms with Crippen LogP contribution >= 0.6 is 11.3 Å². The van der Waals surface area contributed by atoms with Crippen molar-refractivity contribution < 1.29 is 27.6 Å². The summed E-state index contributed by atoms with van der Waals surface area (Å²) >= 11 is 0.961. The molecule has 0 fully saturated rings. The lowest BCUT2D eigenvalue weighted by molar-refractivity contribution is -0.384. The number of nitro groups is 1. The summed E-state index contributed by atoms with van der Waals surface area (Å²) in [7, 11) is -2.85. The molecule has 0 bridgehead atoms. The molecule has 0 saturated heterocycles. The molecule has 0 aliphatic carbocycles. The number of carbonyl (C=O) groups is 1. The highest BCUT2D eigenvalue weighted by Crippen LogP contribution is 2.36. The maximum Gasteiger partial charge on any atom is 0.326 e. The number of esters is 1. The quantitative estimate of drug-likeness (QED) is 0.379. The highest BCUT2D eigenvalue weighted by Gasteiger charge is 2.31. The van der Waals surface area contributed by atoms with Crippen LogP contribution in [0.1, 0.15) is 6.92 Å². The molecule has 2 rings (SSSR count). The van der Waals surface area contributed by atoms with Crippen molar-refractivity contribution in [2.75, 3.05) is 24.6 Å². The Kier molecular flexibility index (Phi) is 6.16. The van der Waals surface area contributed by atoms with E-state index in [-0.39, 0.29) is 27.9 Å². The molecule has 1 aromatic heterocycles. The molecule has 0 aliphatic heterocycles. The smallest absolute Gasteiger partial charge is 0.326 e. The number of ether oxygens (including phenoxy) is 2. The molecular formula is C15H16N2O7S2. The number of methoxy groups -OCH3 is 1. The second-order valence-corrected chi connectivity index (χ2v) is 7.90. The van der Waals surface area contributed by atoms with Gasteiger partial charge in [0.1, 0.15) is 22.2 Å². The summed E-state index contributed by atoms with van der Waals surface area (Å²) in [5.74, 6) is -0.721. The Hall–Kier alpha value is -2.66. The maximum absolute atomic E-state index is 13.0. The van der Waals surface area contributed by atoms with Gasteiger partial charge in [0.2, 0.25) is 0 Å². The van der Waals surface area contributed by atoms with E-state index in [1.54, 1.807) is 18.4 Å². The van der Waals surface area contributed by atoms with Crippen molar-refractivity contribution in [1.29, 1.82) is 0 Å². The fourth-order valence-electron chi connectivity index (χ4n) is 2.13. The zero-order valence-corrected chi connectivity index (χ0v) is 15.6. The highest BCUT2D eigenvalue weighted by molar-refractivity contribution is 7.94. The minimum atomic E-state index is -4.15. The topological polar surface area (TPSA) is 116 Å². The summed E-state index contributed by atoms with van der Waals surface area (Å²) < 4.78 is 36.7.